The number of hydrogen-bond donors (Lipinski definition) is 1. The van der Waals surface area contributed by atoms with Gasteiger partial charge in [0.2, 0.25) is 6.10 Å². The molecule has 1 saturated carbocycles. The first-order valence-corrected chi connectivity index (χ1v) is 8.92. The smallest absolute Gasteiger partial charge is 0.269 e. The normalized spacial score (nSPS) is 21.6. The maximum absolute atomic E-state index is 12.5. The Hall–Kier alpha value is -2.89. The van der Waals surface area contributed by atoms with Crippen LogP contribution in [0.3, 0.4) is 0 Å². The molecule has 1 unspecified atom stereocenters. The molecule has 3 aliphatic rings. The van der Waals surface area contributed by atoms with Crippen molar-refractivity contribution >= 4 is 11.6 Å². The van der Waals surface area contributed by atoms with Gasteiger partial charge < -0.3 is 24.3 Å². The predicted octanol–water partition coefficient (Wildman–Crippen LogP) is 3.51. The quantitative estimate of drug-likeness (QED) is 0.895. The fourth-order valence-electron chi connectivity index (χ4n) is 3.66. The second-order valence-electron chi connectivity index (χ2n) is 6.84. The minimum atomic E-state index is -0.698. The van der Waals surface area contributed by atoms with Crippen LogP contribution in [0.4, 0.5) is 5.69 Å². The molecule has 1 amide bonds. The Morgan fingerprint density at radius 1 is 0.962 bits per heavy atom. The molecule has 2 aromatic rings. The third-order valence-electron chi connectivity index (χ3n) is 4.97. The van der Waals surface area contributed by atoms with E-state index in [1.807, 2.05) is 30.3 Å². The zero-order valence-electron chi connectivity index (χ0n) is 14.2. The summed E-state index contributed by atoms with van der Waals surface area (Å²) >= 11 is 0. The molecular weight excluding hydrogens is 334 g/mol. The molecule has 6 nitrogen and oxygen atoms in total. The number of para-hydroxylation sites is 2. The molecule has 134 valence electrons. The molecule has 2 aliphatic heterocycles. The van der Waals surface area contributed by atoms with Gasteiger partial charge in [-0.2, -0.15) is 0 Å². The lowest BCUT2D eigenvalue weighted by molar-refractivity contribution is -0.125. The average Bonchev–Trinajstić information content (AvgIpc) is 3.27. The van der Waals surface area contributed by atoms with E-state index in [9.17, 15) is 4.79 Å². The summed E-state index contributed by atoms with van der Waals surface area (Å²) in [7, 11) is 0. The Morgan fingerprint density at radius 2 is 1.73 bits per heavy atom. The van der Waals surface area contributed by atoms with Crippen molar-refractivity contribution in [3.8, 4) is 23.0 Å². The van der Waals surface area contributed by atoms with Crippen LogP contribution in [0.1, 0.15) is 25.7 Å². The summed E-state index contributed by atoms with van der Waals surface area (Å²) in [6.07, 6.45) is 3.32. The highest BCUT2D eigenvalue weighted by Crippen LogP contribution is 2.47. The van der Waals surface area contributed by atoms with Crippen LogP contribution in [0.5, 0.6) is 23.0 Å². The van der Waals surface area contributed by atoms with Crippen LogP contribution in [0.15, 0.2) is 42.5 Å². The number of amides is 1. The molecule has 0 bridgehead atoms. The predicted molar refractivity (Wildman–Crippen MR) is 93.9 cm³/mol. The number of carbonyl (C=O) groups excluding carboxylic acids is 1. The number of anilines is 1. The van der Waals surface area contributed by atoms with E-state index in [0.717, 1.165) is 31.4 Å². The second kappa shape index (κ2) is 5.83. The van der Waals surface area contributed by atoms with Gasteiger partial charge in [0.05, 0.1) is 0 Å². The summed E-state index contributed by atoms with van der Waals surface area (Å²) < 4.78 is 23.4. The highest BCUT2D eigenvalue weighted by atomic mass is 16.7. The van der Waals surface area contributed by atoms with Crippen LogP contribution in [0.25, 0.3) is 0 Å². The summed E-state index contributed by atoms with van der Waals surface area (Å²) in [4.78, 5) is 12.5. The summed E-state index contributed by atoms with van der Waals surface area (Å²) in [6.45, 7) is 0.177. The minimum absolute atomic E-state index is 0.177. The molecule has 1 N–H and O–H groups in total. The summed E-state index contributed by atoms with van der Waals surface area (Å²) in [5.41, 5.74) is 0.648. The highest BCUT2D eigenvalue weighted by Gasteiger charge is 2.44. The van der Waals surface area contributed by atoms with E-state index in [-0.39, 0.29) is 12.5 Å². The van der Waals surface area contributed by atoms with Crippen molar-refractivity contribution in [2.45, 2.75) is 37.6 Å². The van der Waals surface area contributed by atoms with Gasteiger partial charge in [0.25, 0.3) is 11.7 Å². The topological polar surface area (TPSA) is 66.0 Å². The fourth-order valence-corrected chi connectivity index (χ4v) is 3.66. The molecule has 1 spiro atoms. The Bertz CT molecular complexity index is 859. The number of ether oxygens (including phenoxy) is 4. The van der Waals surface area contributed by atoms with Crippen LogP contribution in [-0.2, 0) is 4.79 Å². The first-order valence-electron chi connectivity index (χ1n) is 8.92. The van der Waals surface area contributed by atoms with E-state index in [0.29, 0.717) is 22.9 Å². The van der Waals surface area contributed by atoms with Crippen LogP contribution < -0.4 is 24.3 Å². The molecule has 1 atom stereocenters. The monoisotopic (exact) mass is 353 g/mol. The molecule has 6 heteroatoms. The number of nitrogens with one attached hydrogen (secondary N) is 1. The minimum Gasteiger partial charge on any atom is -0.485 e. The Kier molecular flexibility index (Phi) is 3.45. The second-order valence-corrected chi connectivity index (χ2v) is 6.84. The largest absolute Gasteiger partial charge is 0.485 e. The zero-order valence-corrected chi connectivity index (χ0v) is 14.2. The lowest BCUT2D eigenvalue weighted by Crippen LogP contribution is -2.40. The van der Waals surface area contributed by atoms with Gasteiger partial charge in [0.1, 0.15) is 6.61 Å². The molecule has 26 heavy (non-hydrogen) atoms. The van der Waals surface area contributed by atoms with Gasteiger partial charge in [-0.3, -0.25) is 4.79 Å². The Balaban J connectivity index is 1.28. The van der Waals surface area contributed by atoms with Crippen LogP contribution in [-0.4, -0.2) is 24.4 Å². The van der Waals surface area contributed by atoms with Gasteiger partial charge in [-0.05, 0) is 37.1 Å². The van der Waals surface area contributed by atoms with Gasteiger partial charge in [0, 0.05) is 24.6 Å². The third-order valence-corrected chi connectivity index (χ3v) is 4.97. The lowest BCUT2D eigenvalue weighted by Gasteiger charge is -2.25. The molecule has 0 radical (unpaired) electrons. The number of fused-ring (bicyclic) bond motifs is 2. The van der Waals surface area contributed by atoms with Gasteiger partial charge >= 0.3 is 0 Å². The maximum Gasteiger partial charge on any atom is 0.269 e. The van der Waals surface area contributed by atoms with Gasteiger partial charge in [-0.25, -0.2) is 0 Å². The molecule has 1 fully saturated rings. The SMILES string of the molecule is O=C(Nc1ccc2c(c1)OC1(CCCC1)O2)C1COc2ccccc2O1. The summed E-state index contributed by atoms with van der Waals surface area (Å²) in [5, 5.41) is 2.87. The summed E-state index contributed by atoms with van der Waals surface area (Å²) in [6, 6.07) is 12.8. The van der Waals surface area contributed by atoms with E-state index in [2.05, 4.69) is 5.32 Å². The van der Waals surface area contributed by atoms with E-state index >= 15 is 0 Å². The van der Waals surface area contributed by atoms with Crippen LogP contribution >= 0.6 is 0 Å². The number of hydrogen-bond acceptors (Lipinski definition) is 5. The van der Waals surface area contributed by atoms with E-state index < -0.39 is 11.9 Å². The molecule has 2 heterocycles. The van der Waals surface area contributed by atoms with Crippen molar-refractivity contribution < 1.29 is 23.7 Å². The number of rotatable bonds is 2. The first-order chi connectivity index (χ1) is 12.7. The highest BCUT2D eigenvalue weighted by molar-refractivity contribution is 5.95. The van der Waals surface area contributed by atoms with Gasteiger partial charge in [-0.15, -0.1) is 0 Å². The zero-order chi connectivity index (χ0) is 17.6. The fraction of sp³-hybridized carbons (Fsp3) is 0.350. The van der Waals surface area contributed by atoms with Crippen molar-refractivity contribution in [1.82, 2.24) is 0 Å². The van der Waals surface area contributed by atoms with Crippen molar-refractivity contribution in [3.05, 3.63) is 42.5 Å². The molecule has 5 rings (SSSR count). The van der Waals surface area contributed by atoms with Gasteiger partial charge in [-0.1, -0.05) is 12.1 Å². The summed E-state index contributed by atoms with van der Waals surface area (Å²) in [5.74, 6) is 1.88. The van der Waals surface area contributed by atoms with Crippen molar-refractivity contribution in [1.29, 1.82) is 0 Å². The van der Waals surface area contributed by atoms with Crippen LogP contribution in [0, 0.1) is 0 Å². The molecular formula is C20H19NO5. The van der Waals surface area contributed by atoms with Gasteiger partial charge in [0.15, 0.2) is 23.0 Å². The van der Waals surface area contributed by atoms with Crippen LogP contribution in [0.2, 0.25) is 0 Å². The molecule has 1 aliphatic carbocycles. The first kappa shape index (κ1) is 15.4. The number of benzene rings is 2. The van der Waals surface area contributed by atoms with Crippen molar-refractivity contribution in [3.63, 3.8) is 0 Å². The Morgan fingerprint density at radius 3 is 2.58 bits per heavy atom. The Labute approximate surface area is 151 Å². The average molecular weight is 353 g/mol. The molecule has 0 aromatic heterocycles. The van der Waals surface area contributed by atoms with Crippen molar-refractivity contribution in [2.75, 3.05) is 11.9 Å². The van der Waals surface area contributed by atoms with Crippen molar-refractivity contribution in [2.24, 2.45) is 0 Å². The van der Waals surface area contributed by atoms with E-state index in [4.69, 9.17) is 18.9 Å². The number of carbonyl (C=O) groups is 1. The third kappa shape index (κ3) is 2.62. The van der Waals surface area contributed by atoms with E-state index in [1.54, 1.807) is 12.1 Å². The molecule has 0 saturated heterocycles. The molecule has 2 aromatic carbocycles. The maximum atomic E-state index is 12.5. The van der Waals surface area contributed by atoms with E-state index in [1.165, 1.54) is 0 Å². The standard InChI is InChI=1S/C20H19NO5/c22-19(18-12-23-14-5-1-2-6-15(14)24-18)21-13-7-8-16-17(11-13)26-20(25-16)9-3-4-10-20/h1-2,5-8,11,18H,3-4,9-10,12H2,(H,21,22). The lowest BCUT2D eigenvalue weighted by atomic mass is 10.2.